The van der Waals surface area contributed by atoms with Crippen LogP contribution in [0.4, 0.5) is 0 Å². The Labute approximate surface area is 79.1 Å². The minimum absolute atomic E-state index is 0.393. The van der Waals surface area contributed by atoms with Crippen molar-refractivity contribution in [3.05, 3.63) is 0 Å². The summed E-state index contributed by atoms with van der Waals surface area (Å²) in [5, 5.41) is 8.73. The Balaban J connectivity index is 4.28. The summed E-state index contributed by atoms with van der Waals surface area (Å²) in [5.74, 6) is -1.42. The second-order valence-electron chi connectivity index (χ2n) is 2.80. The molecule has 1 N–H and O–H groups in total. The first kappa shape index (κ1) is 12.7. The second-order valence-corrected chi connectivity index (χ2v) is 5.11. The summed E-state index contributed by atoms with van der Waals surface area (Å²) < 4.78 is 16.7. The molecule has 0 aromatic carbocycles. The largest absolute Gasteiger partial charge is 0.481 e. The number of carbonyl (C=O) groups is 1. The van der Waals surface area contributed by atoms with Crippen LogP contribution in [-0.4, -0.2) is 29.2 Å². The third-order valence-corrected chi connectivity index (χ3v) is 4.18. The molecule has 3 unspecified atom stereocenters. The zero-order valence-electron chi connectivity index (χ0n) is 8.24. The van der Waals surface area contributed by atoms with Gasteiger partial charge in [0.2, 0.25) is 0 Å². The van der Waals surface area contributed by atoms with Crippen LogP contribution in [0.3, 0.4) is 0 Å². The summed E-state index contributed by atoms with van der Waals surface area (Å²) >= 11 is 0. The van der Waals surface area contributed by atoms with Gasteiger partial charge in [-0.15, -0.1) is 0 Å². The molecule has 0 aromatic heterocycles. The van der Waals surface area contributed by atoms with E-state index < -0.39 is 25.3 Å². The van der Waals surface area contributed by atoms with E-state index in [0.29, 0.717) is 13.0 Å². The fourth-order valence-electron chi connectivity index (χ4n) is 1.11. The van der Waals surface area contributed by atoms with Crippen LogP contribution in [0.1, 0.15) is 27.2 Å². The molecule has 0 aliphatic carbocycles. The molecular formula is C8H17O4P. The van der Waals surface area contributed by atoms with E-state index in [2.05, 4.69) is 0 Å². The Morgan fingerprint density at radius 3 is 2.38 bits per heavy atom. The van der Waals surface area contributed by atoms with Gasteiger partial charge in [0.25, 0.3) is 0 Å². The molecule has 3 atom stereocenters. The molecule has 13 heavy (non-hydrogen) atoms. The maximum atomic E-state index is 11.6. The fourth-order valence-corrected chi connectivity index (χ4v) is 2.66. The average molecular weight is 208 g/mol. The third-order valence-electron chi connectivity index (χ3n) is 1.87. The average Bonchev–Trinajstić information content (AvgIpc) is 2.05. The number of carboxylic acid groups (broad SMARTS) is 1. The smallest absolute Gasteiger partial charge is 0.313 e. The van der Waals surface area contributed by atoms with E-state index in [4.69, 9.17) is 9.84 Å². The number of carboxylic acids is 1. The van der Waals surface area contributed by atoms with Crippen molar-refractivity contribution in [2.45, 2.75) is 38.7 Å². The molecule has 0 aliphatic heterocycles. The zero-order valence-corrected chi connectivity index (χ0v) is 9.24. The second kappa shape index (κ2) is 6.17. The molecule has 78 valence electrons. The van der Waals surface area contributed by atoms with Gasteiger partial charge in [-0.05, 0) is 20.3 Å². The van der Waals surface area contributed by atoms with Crippen molar-refractivity contribution in [2.75, 3.05) is 6.61 Å². The predicted molar refractivity (Wildman–Crippen MR) is 51.8 cm³/mol. The lowest BCUT2D eigenvalue weighted by Crippen LogP contribution is -2.19. The SMILES string of the molecule is CCOC(C)[PH](=O)C(CC)C(=O)O. The lowest BCUT2D eigenvalue weighted by Gasteiger charge is -2.16. The Hall–Kier alpha value is -0.340. The van der Waals surface area contributed by atoms with E-state index >= 15 is 0 Å². The van der Waals surface area contributed by atoms with Gasteiger partial charge >= 0.3 is 5.97 Å². The monoisotopic (exact) mass is 208 g/mol. The van der Waals surface area contributed by atoms with Crippen LogP contribution in [-0.2, 0) is 14.1 Å². The van der Waals surface area contributed by atoms with Crippen molar-refractivity contribution in [2.24, 2.45) is 0 Å². The molecule has 0 aromatic rings. The molecule has 5 heteroatoms. The summed E-state index contributed by atoms with van der Waals surface area (Å²) in [6, 6.07) is 0. The van der Waals surface area contributed by atoms with Crippen LogP contribution < -0.4 is 0 Å². The van der Waals surface area contributed by atoms with Crippen LogP contribution in [0.5, 0.6) is 0 Å². The first-order valence-electron chi connectivity index (χ1n) is 4.42. The van der Waals surface area contributed by atoms with Crippen molar-refractivity contribution in [1.29, 1.82) is 0 Å². The van der Waals surface area contributed by atoms with Gasteiger partial charge < -0.3 is 14.4 Å². The van der Waals surface area contributed by atoms with Crippen molar-refractivity contribution >= 4 is 13.8 Å². The van der Waals surface area contributed by atoms with E-state index in [0.717, 1.165) is 0 Å². The Bertz CT molecular complexity index is 193. The van der Waals surface area contributed by atoms with Crippen LogP contribution in [0.2, 0.25) is 0 Å². The van der Waals surface area contributed by atoms with E-state index in [1.165, 1.54) is 0 Å². The molecule has 0 radical (unpaired) electrons. The molecule has 0 rings (SSSR count). The highest BCUT2D eigenvalue weighted by atomic mass is 31.1. The Morgan fingerprint density at radius 2 is 2.08 bits per heavy atom. The van der Waals surface area contributed by atoms with Gasteiger partial charge in [0, 0.05) is 6.61 Å². The zero-order chi connectivity index (χ0) is 10.4. The van der Waals surface area contributed by atoms with Crippen LogP contribution in [0.25, 0.3) is 0 Å². The highest BCUT2D eigenvalue weighted by molar-refractivity contribution is 7.47. The van der Waals surface area contributed by atoms with E-state index in [1.54, 1.807) is 20.8 Å². The minimum atomic E-state index is -2.19. The Kier molecular flexibility index (Phi) is 6.00. The number of hydrogen-bond donors (Lipinski definition) is 1. The van der Waals surface area contributed by atoms with Gasteiger partial charge in [-0.2, -0.15) is 0 Å². The third kappa shape index (κ3) is 3.92. The van der Waals surface area contributed by atoms with Crippen LogP contribution in [0, 0.1) is 0 Å². The molecule has 0 fully saturated rings. The Morgan fingerprint density at radius 1 is 1.54 bits per heavy atom. The van der Waals surface area contributed by atoms with Crippen LogP contribution in [0.15, 0.2) is 0 Å². The maximum absolute atomic E-state index is 11.6. The number of rotatable bonds is 6. The van der Waals surface area contributed by atoms with Gasteiger partial charge in [-0.25, -0.2) is 0 Å². The first-order valence-corrected chi connectivity index (χ1v) is 5.99. The number of ether oxygens (including phenoxy) is 1. The summed E-state index contributed by atoms with van der Waals surface area (Å²) in [6.07, 6.45) is 0.393. The van der Waals surface area contributed by atoms with Crippen LogP contribution >= 0.6 is 7.80 Å². The normalized spacial score (nSPS) is 17.8. The van der Waals surface area contributed by atoms with Crippen molar-refractivity contribution < 1.29 is 19.2 Å². The summed E-state index contributed by atoms with van der Waals surface area (Å²) in [5.41, 5.74) is -0.744. The summed E-state index contributed by atoms with van der Waals surface area (Å²) in [7, 11) is -2.19. The molecule has 0 heterocycles. The molecule has 0 saturated carbocycles. The van der Waals surface area contributed by atoms with E-state index in [-0.39, 0.29) is 0 Å². The summed E-state index contributed by atoms with van der Waals surface area (Å²) in [6.45, 7) is 5.65. The van der Waals surface area contributed by atoms with E-state index in [1.807, 2.05) is 0 Å². The molecule has 0 spiro atoms. The van der Waals surface area contributed by atoms with Gasteiger partial charge in [-0.1, -0.05) is 6.92 Å². The van der Waals surface area contributed by atoms with Gasteiger partial charge in [0.15, 0.2) is 0 Å². The lowest BCUT2D eigenvalue weighted by atomic mass is 10.3. The minimum Gasteiger partial charge on any atom is -0.481 e. The number of aliphatic carboxylic acids is 1. The van der Waals surface area contributed by atoms with Crippen molar-refractivity contribution in [3.8, 4) is 0 Å². The highest BCUT2D eigenvalue weighted by Crippen LogP contribution is 2.36. The van der Waals surface area contributed by atoms with Crippen molar-refractivity contribution in [1.82, 2.24) is 0 Å². The van der Waals surface area contributed by atoms with Gasteiger partial charge in [-0.3, -0.25) is 4.79 Å². The first-order chi connectivity index (χ1) is 6.04. The maximum Gasteiger partial charge on any atom is 0.313 e. The standard InChI is InChI=1S/C8H17O4P/c1-4-7(8(9)10)13(11)6(3)12-5-2/h6-7,13H,4-5H2,1-3H3,(H,9,10). The quantitative estimate of drug-likeness (QED) is 0.676. The van der Waals surface area contributed by atoms with E-state index in [9.17, 15) is 9.36 Å². The fraction of sp³-hybridized carbons (Fsp3) is 0.875. The molecular weight excluding hydrogens is 191 g/mol. The van der Waals surface area contributed by atoms with Crippen molar-refractivity contribution in [3.63, 3.8) is 0 Å². The summed E-state index contributed by atoms with van der Waals surface area (Å²) in [4.78, 5) is 10.7. The molecule has 0 saturated heterocycles. The predicted octanol–water partition coefficient (Wildman–Crippen LogP) is 1.79. The lowest BCUT2D eigenvalue weighted by molar-refractivity contribution is -0.136. The van der Waals surface area contributed by atoms with Gasteiger partial charge in [0.1, 0.15) is 19.3 Å². The molecule has 0 amide bonds. The highest BCUT2D eigenvalue weighted by Gasteiger charge is 2.26. The van der Waals surface area contributed by atoms with Gasteiger partial charge in [0.05, 0.1) is 0 Å². The molecule has 0 aliphatic rings. The molecule has 4 nitrogen and oxygen atoms in total. The topological polar surface area (TPSA) is 63.6 Å². The molecule has 0 bridgehead atoms. The number of hydrogen-bond acceptors (Lipinski definition) is 3.